The molecule has 1 aromatic heterocycles. The second-order valence-electron chi connectivity index (χ2n) is 5.70. The molecule has 0 radical (unpaired) electrons. The first-order valence-electron chi connectivity index (χ1n) is 7.66. The fourth-order valence-electron chi connectivity index (χ4n) is 2.43. The van der Waals surface area contributed by atoms with E-state index in [-0.39, 0.29) is 5.91 Å². The number of halogens is 2. The van der Waals surface area contributed by atoms with E-state index in [0.29, 0.717) is 28.0 Å². The summed E-state index contributed by atoms with van der Waals surface area (Å²) in [5.41, 5.74) is 3.64. The number of hydrogen-bond donors (Lipinski definition) is 1. The van der Waals surface area contributed by atoms with Gasteiger partial charge in [0.15, 0.2) is 5.69 Å². The van der Waals surface area contributed by atoms with Crippen molar-refractivity contribution in [2.45, 2.75) is 20.4 Å². The predicted molar refractivity (Wildman–Crippen MR) is 99.5 cm³/mol. The predicted octanol–water partition coefficient (Wildman–Crippen LogP) is 4.50. The summed E-state index contributed by atoms with van der Waals surface area (Å²) >= 11 is 12.0. The number of hydrogen-bond acceptors (Lipinski definition) is 3. The van der Waals surface area contributed by atoms with E-state index in [1.54, 1.807) is 16.8 Å². The van der Waals surface area contributed by atoms with Crippen LogP contribution in [0.1, 0.15) is 27.3 Å². The highest BCUT2D eigenvalue weighted by molar-refractivity contribution is 6.42. The van der Waals surface area contributed by atoms with Crippen molar-refractivity contribution in [1.82, 2.24) is 15.0 Å². The van der Waals surface area contributed by atoms with Crippen molar-refractivity contribution in [3.05, 3.63) is 75.0 Å². The molecular weight excluding hydrogens is 359 g/mol. The van der Waals surface area contributed by atoms with Gasteiger partial charge in [0, 0.05) is 5.69 Å². The maximum absolute atomic E-state index is 12.5. The van der Waals surface area contributed by atoms with Crippen LogP contribution in [-0.2, 0) is 6.54 Å². The molecule has 0 saturated carbocycles. The molecule has 1 N–H and O–H groups in total. The largest absolute Gasteiger partial charge is 0.320 e. The van der Waals surface area contributed by atoms with E-state index < -0.39 is 0 Å². The van der Waals surface area contributed by atoms with Crippen LogP contribution in [0.4, 0.5) is 5.69 Å². The zero-order chi connectivity index (χ0) is 18.0. The monoisotopic (exact) mass is 374 g/mol. The van der Waals surface area contributed by atoms with Crippen molar-refractivity contribution >= 4 is 34.8 Å². The average molecular weight is 375 g/mol. The molecule has 0 atom stereocenters. The zero-order valence-corrected chi connectivity index (χ0v) is 15.3. The lowest BCUT2D eigenvalue weighted by atomic mass is 10.2. The molecule has 0 aliphatic carbocycles. The van der Waals surface area contributed by atoms with Crippen LogP contribution in [-0.4, -0.2) is 20.9 Å². The number of aryl methyl sites for hydroxylation is 1. The Morgan fingerprint density at radius 3 is 2.60 bits per heavy atom. The third kappa shape index (κ3) is 3.83. The minimum absolute atomic E-state index is 0.285. The number of carbonyl (C=O) groups excluding carboxylic acids is 1. The van der Waals surface area contributed by atoms with Gasteiger partial charge in [-0.05, 0) is 43.2 Å². The summed E-state index contributed by atoms with van der Waals surface area (Å²) in [6, 6.07) is 12.9. The highest BCUT2D eigenvalue weighted by Crippen LogP contribution is 2.23. The van der Waals surface area contributed by atoms with Crippen molar-refractivity contribution in [3.63, 3.8) is 0 Å². The number of aromatic nitrogens is 3. The molecule has 1 amide bonds. The summed E-state index contributed by atoms with van der Waals surface area (Å²) in [6.07, 6.45) is 0. The Morgan fingerprint density at radius 2 is 1.88 bits per heavy atom. The van der Waals surface area contributed by atoms with Crippen molar-refractivity contribution in [2.24, 2.45) is 0 Å². The first-order chi connectivity index (χ1) is 12.0. The van der Waals surface area contributed by atoms with E-state index >= 15 is 0 Å². The Labute approximate surface area is 155 Å². The first-order valence-corrected chi connectivity index (χ1v) is 8.42. The molecule has 0 aliphatic heterocycles. The normalized spacial score (nSPS) is 10.7. The van der Waals surface area contributed by atoms with Gasteiger partial charge in [0.25, 0.3) is 5.91 Å². The quantitative estimate of drug-likeness (QED) is 0.730. The lowest BCUT2D eigenvalue weighted by molar-refractivity contribution is 0.102. The summed E-state index contributed by atoms with van der Waals surface area (Å²) in [5, 5.41) is 11.9. The maximum Gasteiger partial charge on any atom is 0.278 e. The van der Waals surface area contributed by atoms with Crippen LogP contribution in [0.3, 0.4) is 0 Å². The number of amides is 1. The third-order valence-electron chi connectivity index (χ3n) is 3.91. The van der Waals surface area contributed by atoms with Crippen LogP contribution in [0.15, 0.2) is 42.5 Å². The van der Waals surface area contributed by atoms with Gasteiger partial charge < -0.3 is 5.32 Å². The van der Waals surface area contributed by atoms with Crippen molar-refractivity contribution in [3.8, 4) is 0 Å². The van der Waals surface area contributed by atoms with E-state index in [1.807, 2.05) is 44.2 Å². The van der Waals surface area contributed by atoms with Crippen LogP contribution in [0.2, 0.25) is 10.0 Å². The fraction of sp³-hybridized carbons (Fsp3) is 0.167. The molecule has 128 valence electrons. The molecule has 7 heteroatoms. The van der Waals surface area contributed by atoms with Crippen LogP contribution < -0.4 is 5.32 Å². The topological polar surface area (TPSA) is 59.8 Å². The van der Waals surface area contributed by atoms with Crippen molar-refractivity contribution < 1.29 is 4.79 Å². The van der Waals surface area contributed by atoms with Gasteiger partial charge in [0.1, 0.15) is 0 Å². The molecule has 25 heavy (non-hydrogen) atoms. The number of rotatable bonds is 4. The number of benzene rings is 2. The summed E-state index contributed by atoms with van der Waals surface area (Å²) in [5.74, 6) is -0.285. The Kier molecular flexibility index (Phi) is 5.06. The van der Waals surface area contributed by atoms with E-state index in [1.165, 1.54) is 0 Å². The van der Waals surface area contributed by atoms with Crippen LogP contribution in [0, 0.1) is 13.8 Å². The smallest absolute Gasteiger partial charge is 0.278 e. The first kappa shape index (κ1) is 17.5. The second kappa shape index (κ2) is 7.25. The Morgan fingerprint density at radius 1 is 1.12 bits per heavy atom. The Bertz CT molecular complexity index is 937. The fourth-order valence-corrected chi connectivity index (χ4v) is 2.75. The van der Waals surface area contributed by atoms with Gasteiger partial charge in [-0.2, -0.15) is 0 Å². The average Bonchev–Trinajstić information content (AvgIpc) is 2.94. The Balaban J connectivity index is 1.79. The van der Waals surface area contributed by atoms with Gasteiger partial charge in [-0.15, -0.1) is 5.10 Å². The van der Waals surface area contributed by atoms with Crippen LogP contribution in [0.5, 0.6) is 0 Å². The summed E-state index contributed by atoms with van der Waals surface area (Å²) in [4.78, 5) is 12.5. The molecule has 0 unspecified atom stereocenters. The number of carbonyl (C=O) groups is 1. The third-order valence-corrected chi connectivity index (χ3v) is 4.65. The van der Waals surface area contributed by atoms with Gasteiger partial charge in [-0.25, -0.2) is 4.68 Å². The molecule has 5 nitrogen and oxygen atoms in total. The van der Waals surface area contributed by atoms with Crippen LogP contribution in [0.25, 0.3) is 0 Å². The molecule has 0 aliphatic rings. The van der Waals surface area contributed by atoms with Gasteiger partial charge in [-0.1, -0.05) is 52.7 Å². The summed E-state index contributed by atoms with van der Waals surface area (Å²) in [7, 11) is 0. The summed E-state index contributed by atoms with van der Waals surface area (Å²) < 4.78 is 1.66. The molecule has 1 heterocycles. The molecule has 3 rings (SSSR count). The highest BCUT2D eigenvalue weighted by atomic mass is 35.5. The summed E-state index contributed by atoms with van der Waals surface area (Å²) in [6.45, 7) is 4.20. The Hall–Kier alpha value is -2.37. The van der Waals surface area contributed by atoms with E-state index in [4.69, 9.17) is 23.2 Å². The van der Waals surface area contributed by atoms with E-state index in [9.17, 15) is 4.79 Å². The van der Waals surface area contributed by atoms with Gasteiger partial charge in [0.05, 0.1) is 22.3 Å². The lowest BCUT2D eigenvalue weighted by Crippen LogP contribution is -2.15. The van der Waals surface area contributed by atoms with Crippen molar-refractivity contribution in [2.75, 3.05) is 5.32 Å². The van der Waals surface area contributed by atoms with Crippen LogP contribution >= 0.6 is 23.2 Å². The lowest BCUT2D eigenvalue weighted by Gasteiger charge is -2.07. The SMILES string of the molecule is Cc1ccccc1NC(=O)c1nnn(Cc2ccc(Cl)c(Cl)c2)c1C. The molecule has 0 saturated heterocycles. The standard InChI is InChI=1S/C18H16Cl2N4O/c1-11-5-3-4-6-16(11)21-18(25)17-12(2)24(23-22-17)10-13-7-8-14(19)15(20)9-13/h3-9H,10H2,1-2H3,(H,21,25). The molecular formula is C18H16Cl2N4O. The minimum Gasteiger partial charge on any atom is -0.320 e. The van der Waals surface area contributed by atoms with E-state index in [0.717, 1.165) is 16.8 Å². The second-order valence-corrected chi connectivity index (χ2v) is 6.51. The van der Waals surface area contributed by atoms with Gasteiger partial charge in [0.2, 0.25) is 0 Å². The molecule has 0 spiro atoms. The number of anilines is 1. The number of nitrogens with one attached hydrogen (secondary N) is 1. The molecule has 0 bridgehead atoms. The highest BCUT2D eigenvalue weighted by Gasteiger charge is 2.17. The maximum atomic E-state index is 12.5. The molecule has 2 aromatic carbocycles. The molecule has 0 fully saturated rings. The van der Waals surface area contributed by atoms with Crippen molar-refractivity contribution in [1.29, 1.82) is 0 Å². The van der Waals surface area contributed by atoms with Gasteiger partial charge in [-0.3, -0.25) is 4.79 Å². The van der Waals surface area contributed by atoms with Gasteiger partial charge >= 0.3 is 0 Å². The minimum atomic E-state index is -0.285. The number of para-hydroxylation sites is 1. The van der Waals surface area contributed by atoms with E-state index in [2.05, 4.69) is 15.6 Å². The zero-order valence-electron chi connectivity index (χ0n) is 13.8. The number of nitrogens with zero attached hydrogens (tertiary/aromatic N) is 3. The molecule has 3 aromatic rings.